The number of nitrogen functional groups attached to an aromatic ring is 1. The number of nitrogens with one attached hydrogen (secondary N) is 1. The van der Waals surface area contributed by atoms with Crippen LogP contribution < -0.4 is 11.1 Å². The van der Waals surface area contributed by atoms with Crippen molar-refractivity contribution in [3.05, 3.63) is 29.8 Å². The van der Waals surface area contributed by atoms with E-state index >= 15 is 0 Å². The van der Waals surface area contributed by atoms with Crippen molar-refractivity contribution < 1.29 is 14.6 Å². The zero-order valence-electron chi connectivity index (χ0n) is 9.48. The number of hydrogen-bond donors (Lipinski definition) is 3. The molecule has 17 heavy (non-hydrogen) atoms. The van der Waals surface area contributed by atoms with Crippen molar-refractivity contribution in [2.75, 3.05) is 25.5 Å². The van der Waals surface area contributed by atoms with E-state index in [2.05, 4.69) is 5.32 Å². The Morgan fingerprint density at radius 1 is 1.53 bits per heavy atom. The number of carbonyl (C=O) groups excluding carboxylic acids is 1. The lowest BCUT2D eigenvalue weighted by molar-refractivity contribution is 0.0265. The van der Waals surface area contributed by atoms with E-state index in [0.717, 1.165) is 0 Å². The highest BCUT2D eigenvalue weighted by Crippen LogP contribution is 2.17. The van der Waals surface area contributed by atoms with Crippen LogP contribution in [-0.4, -0.2) is 36.4 Å². The molecule has 1 aromatic rings. The summed E-state index contributed by atoms with van der Waals surface area (Å²) < 4.78 is 5.10. The topological polar surface area (TPSA) is 84.6 Å². The molecule has 1 aliphatic heterocycles. The average molecular weight is 236 g/mol. The lowest BCUT2D eigenvalue weighted by Crippen LogP contribution is -2.43. The van der Waals surface area contributed by atoms with Crippen LogP contribution in [0.15, 0.2) is 24.3 Å². The molecule has 1 heterocycles. The highest BCUT2D eigenvalue weighted by Gasteiger charge is 2.32. The predicted octanol–water partition coefficient (Wildman–Crippen LogP) is 0.150. The maximum atomic E-state index is 11.8. The molecule has 2 rings (SSSR count). The molecule has 0 aliphatic carbocycles. The maximum absolute atomic E-state index is 11.8. The number of carbonyl (C=O) groups is 1. The number of anilines is 1. The summed E-state index contributed by atoms with van der Waals surface area (Å²) in [6, 6.07) is 6.84. The number of aliphatic hydroxyl groups is 1. The van der Waals surface area contributed by atoms with Crippen LogP contribution in [0.2, 0.25) is 0 Å². The first-order chi connectivity index (χ1) is 8.11. The Balaban J connectivity index is 1.96. The van der Waals surface area contributed by atoms with Crippen LogP contribution in [0.3, 0.4) is 0 Å². The van der Waals surface area contributed by atoms with Crippen LogP contribution in [0.25, 0.3) is 0 Å². The van der Waals surface area contributed by atoms with Gasteiger partial charge in [0.05, 0.1) is 12.2 Å². The number of para-hydroxylation sites is 1. The minimum absolute atomic E-state index is 0.181. The van der Waals surface area contributed by atoms with Gasteiger partial charge in [-0.3, -0.25) is 4.79 Å². The Bertz CT molecular complexity index is 414. The molecular formula is C12H16N2O3. The quantitative estimate of drug-likeness (QED) is 0.652. The molecule has 5 nitrogen and oxygen atoms in total. The van der Waals surface area contributed by atoms with E-state index in [-0.39, 0.29) is 19.1 Å². The van der Waals surface area contributed by atoms with Crippen LogP contribution in [0.4, 0.5) is 5.69 Å². The van der Waals surface area contributed by atoms with Gasteiger partial charge in [0.2, 0.25) is 0 Å². The van der Waals surface area contributed by atoms with Crippen LogP contribution in [0.5, 0.6) is 0 Å². The summed E-state index contributed by atoms with van der Waals surface area (Å²) in [4.78, 5) is 11.8. The third-order valence-corrected chi connectivity index (χ3v) is 2.87. The number of ether oxygens (including phenoxy) is 1. The molecule has 0 radical (unpaired) electrons. The lowest BCUT2D eigenvalue weighted by Gasteiger charge is -2.20. The Labute approximate surface area is 99.6 Å². The maximum Gasteiger partial charge on any atom is 0.253 e. The zero-order valence-corrected chi connectivity index (χ0v) is 9.48. The first-order valence-electron chi connectivity index (χ1n) is 5.54. The fraction of sp³-hybridized carbons (Fsp3) is 0.417. The molecule has 92 valence electrons. The third-order valence-electron chi connectivity index (χ3n) is 2.87. The van der Waals surface area contributed by atoms with Crippen LogP contribution in [0, 0.1) is 0 Å². The van der Waals surface area contributed by atoms with Crippen LogP contribution >= 0.6 is 0 Å². The van der Waals surface area contributed by atoms with Gasteiger partial charge in [0.25, 0.3) is 5.91 Å². The van der Waals surface area contributed by atoms with Gasteiger partial charge in [0.1, 0.15) is 5.60 Å². The molecule has 0 aromatic heterocycles. The molecule has 1 fully saturated rings. The largest absolute Gasteiger partial charge is 0.398 e. The molecule has 1 aromatic carbocycles. The number of rotatable bonds is 3. The summed E-state index contributed by atoms with van der Waals surface area (Å²) in [5, 5.41) is 12.7. The summed E-state index contributed by atoms with van der Waals surface area (Å²) in [5.41, 5.74) is 5.60. The summed E-state index contributed by atoms with van der Waals surface area (Å²) in [6.07, 6.45) is 0.539. The molecule has 5 heteroatoms. The lowest BCUT2D eigenvalue weighted by atomic mass is 10.0. The Hall–Kier alpha value is -1.59. The first kappa shape index (κ1) is 11.9. The minimum Gasteiger partial charge on any atom is -0.398 e. The second kappa shape index (κ2) is 4.73. The SMILES string of the molecule is Nc1ccccc1C(=O)NCC1(O)CCOC1. The molecule has 0 spiro atoms. The highest BCUT2D eigenvalue weighted by atomic mass is 16.5. The van der Waals surface area contributed by atoms with Crippen molar-refractivity contribution in [1.29, 1.82) is 0 Å². The summed E-state index contributed by atoms with van der Waals surface area (Å²) in [7, 11) is 0. The first-order valence-corrected chi connectivity index (χ1v) is 5.54. The van der Waals surface area contributed by atoms with Gasteiger partial charge in [-0.15, -0.1) is 0 Å². The van der Waals surface area contributed by atoms with Crippen molar-refractivity contribution in [3.63, 3.8) is 0 Å². The molecule has 0 bridgehead atoms. The van der Waals surface area contributed by atoms with Crippen molar-refractivity contribution in [1.82, 2.24) is 5.32 Å². The highest BCUT2D eigenvalue weighted by molar-refractivity contribution is 5.99. The smallest absolute Gasteiger partial charge is 0.253 e. The summed E-state index contributed by atoms with van der Waals surface area (Å²) in [5.74, 6) is -0.275. The molecule has 1 saturated heterocycles. The van der Waals surface area contributed by atoms with Gasteiger partial charge in [0.15, 0.2) is 0 Å². The second-order valence-electron chi connectivity index (χ2n) is 4.30. The molecule has 0 saturated carbocycles. The van der Waals surface area contributed by atoms with E-state index in [1.54, 1.807) is 24.3 Å². The van der Waals surface area contributed by atoms with E-state index in [4.69, 9.17) is 10.5 Å². The van der Waals surface area contributed by atoms with Crippen LogP contribution in [-0.2, 0) is 4.74 Å². The van der Waals surface area contributed by atoms with E-state index < -0.39 is 5.60 Å². The standard InChI is InChI=1S/C12H16N2O3/c13-10-4-2-1-3-9(10)11(15)14-7-12(16)5-6-17-8-12/h1-4,16H,5-8,13H2,(H,14,15). The van der Waals surface area contributed by atoms with Gasteiger partial charge in [0, 0.05) is 25.3 Å². The average Bonchev–Trinajstić information content (AvgIpc) is 2.74. The van der Waals surface area contributed by atoms with Crippen molar-refractivity contribution in [2.24, 2.45) is 0 Å². The molecule has 1 unspecified atom stereocenters. The van der Waals surface area contributed by atoms with Crippen molar-refractivity contribution in [2.45, 2.75) is 12.0 Å². The normalized spacial score (nSPS) is 23.6. The number of hydrogen-bond acceptors (Lipinski definition) is 4. The Kier molecular flexibility index (Phi) is 3.31. The Morgan fingerprint density at radius 3 is 2.94 bits per heavy atom. The van der Waals surface area contributed by atoms with Gasteiger partial charge >= 0.3 is 0 Å². The number of benzene rings is 1. The molecule has 1 aliphatic rings. The Morgan fingerprint density at radius 2 is 2.29 bits per heavy atom. The van der Waals surface area contributed by atoms with E-state index in [1.165, 1.54) is 0 Å². The van der Waals surface area contributed by atoms with E-state index in [9.17, 15) is 9.90 Å². The van der Waals surface area contributed by atoms with Crippen LogP contribution in [0.1, 0.15) is 16.8 Å². The summed E-state index contributed by atoms with van der Waals surface area (Å²) in [6.45, 7) is 0.970. The summed E-state index contributed by atoms with van der Waals surface area (Å²) >= 11 is 0. The van der Waals surface area contributed by atoms with E-state index in [1.807, 2.05) is 0 Å². The van der Waals surface area contributed by atoms with Gasteiger partial charge in [-0.05, 0) is 12.1 Å². The third kappa shape index (κ3) is 2.75. The predicted molar refractivity (Wildman–Crippen MR) is 63.6 cm³/mol. The van der Waals surface area contributed by atoms with Gasteiger partial charge in [-0.2, -0.15) is 0 Å². The number of amides is 1. The monoisotopic (exact) mass is 236 g/mol. The minimum atomic E-state index is -0.945. The van der Waals surface area contributed by atoms with E-state index in [0.29, 0.717) is 24.3 Å². The zero-order chi connectivity index (χ0) is 12.3. The molecule has 1 atom stereocenters. The number of nitrogens with two attached hydrogens (primary N) is 1. The van der Waals surface area contributed by atoms with Crippen molar-refractivity contribution in [3.8, 4) is 0 Å². The molecule has 4 N–H and O–H groups in total. The molecular weight excluding hydrogens is 220 g/mol. The van der Waals surface area contributed by atoms with Gasteiger partial charge in [-0.25, -0.2) is 0 Å². The fourth-order valence-corrected chi connectivity index (χ4v) is 1.78. The van der Waals surface area contributed by atoms with Gasteiger partial charge in [-0.1, -0.05) is 12.1 Å². The molecule has 1 amide bonds. The fourth-order valence-electron chi connectivity index (χ4n) is 1.78. The van der Waals surface area contributed by atoms with Crippen molar-refractivity contribution >= 4 is 11.6 Å². The second-order valence-corrected chi connectivity index (χ2v) is 4.30. The van der Waals surface area contributed by atoms with Gasteiger partial charge < -0.3 is 20.9 Å².